The van der Waals surface area contributed by atoms with Gasteiger partial charge >= 0.3 is 0 Å². The first-order valence-electron chi connectivity index (χ1n) is 6.25. The first-order chi connectivity index (χ1) is 10.2. The van der Waals surface area contributed by atoms with Crippen LogP contribution in [0.3, 0.4) is 0 Å². The summed E-state index contributed by atoms with van der Waals surface area (Å²) in [6.07, 6.45) is 0. The number of nitrogens with zero attached hydrogens (tertiary/aromatic N) is 2. The van der Waals surface area contributed by atoms with Crippen molar-refractivity contribution in [3.8, 4) is 11.6 Å². The third kappa shape index (κ3) is 2.94. The van der Waals surface area contributed by atoms with Crippen molar-refractivity contribution in [3.05, 3.63) is 52.0 Å². The zero-order chi connectivity index (χ0) is 14.8. The summed E-state index contributed by atoms with van der Waals surface area (Å²) in [6.45, 7) is 0. The van der Waals surface area contributed by atoms with E-state index in [1.807, 2.05) is 30.3 Å². The molecule has 1 N–H and O–H groups in total. The lowest BCUT2D eigenvalue weighted by Gasteiger charge is -2.11. The number of ether oxygens (including phenoxy) is 1. The van der Waals surface area contributed by atoms with Gasteiger partial charge in [-0.05, 0) is 30.3 Å². The summed E-state index contributed by atoms with van der Waals surface area (Å²) in [5.74, 6) is 1.50. The van der Waals surface area contributed by atoms with Crippen LogP contribution in [0.25, 0.3) is 10.9 Å². The minimum atomic E-state index is 0.463. The second kappa shape index (κ2) is 5.87. The van der Waals surface area contributed by atoms with Crippen LogP contribution in [0.5, 0.6) is 11.6 Å². The lowest BCUT2D eigenvalue weighted by Crippen LogP contribution is -1.99. The van der Waals surface area contributed by atoms with E-state index >= 15 is 0 Å². The quantitative estimate of drug-likeness (QED) is 0.719. The summed E-state index contributed by atoms with van der Waals surface area (Å²) in [5, 5.41) is 4.27. The predicted octanol–water partition coefficient (Wildman–Crippen LogP) is 4.88. The van der Waals surface area contributed by atoms with Crippen LogP contribution in [0.1, 0.15) is 0 Å². The van der Waals surface area contributed by atoms with Gasteiger partial charge in [-0.3, -0.25) is 0 Å². The van der Waals surface area contributed by atoms with Gasteiger partial charge in [-0.2, -0.15) is 4.98 Å². The van der Waals surface area contributed by atoms with Gasteiger partial charge in [0.25, 0.3) is 0 Å². The number of halogens is 2. The van der Waals surface area contributed by atoms with Crippen molar-refractivity contribution in [2.45, 2.75) is 0 Å². The molecule has 3 rings (SSSR count). The Morgan fingerprint density at radius 2 is 1.95 bits per heavy atom. The van der Waals surface area contributed by atoms with Crippen LogP contribution >= 0.6 is 27.5 Å². The molecule has 1 heterocycles. The highest BCUT2D eigenvalue weighted by molar-refractivity contribution is 9.10. The van der Waals surface area contributed by atoms with E-state index in [4.69, 9.17) is 16.3 Å². The Kier molecular flexibility index (Phi) is 3.94. The topological polar surface area (TPSA) is 47.0 Å². The maximum atomic E-state index is 6.17. The average Bonchev–Trinajstić information content (AvgIpc) is 2.50. The molecule has 0 aliphatic carbocycles. The summed E-state index contributed by atoms with van der Waals surface area (Å²) in [6, 6.07) is 13.1. The summed E-state index contributed by atoms with van der Waals surface area (Å²) < 4.78 is 6.78. The molecule has 4 nitrogen and oxygen atoms in total. The highest BCUT2D eigenvalue weighted by atomic mass is 79.9. The van der Waals surface area contributed by atoms with Gasteiger partial charge < -0.3 is 10.1 Å². The van der Waals surface area contributed by atoms with E-state index in [1.165, 1.54) is 0 Å². The maximum absolute atomic E-state index is 6.17. The molecule has 0 unspecified atom stereocenters. The largest absolute Gasteiger partial charge is 0.437 e. The van der Waals surface area contributed by atoms with E-state index in [2.05, 4.69) is 31.2 Å². The van der Waals surface area contributed by atoms with Gasteiger partial charge in [-0.1, -0.05) is 39.7 Å². The molecule has 1 aromatic heterocycles. The van der Waals surface area contributed by atoms with Crippen LogP contribution in [0.4, 0.5) is 5.95 Å². The highest BCUT2D eigenvalue weighted by Gasteiger charge is 2.11. The molecule has 0 atom stereocenters. The SMILES string of the molecule is CNc1nc(Oc2cc(Br)ccc2Cl)c2ccccc2n1. The second-order valence-corrected chi connectivity index (χ2v) is 5.62. The van der Waals surface area contributed by atoms with Crippen LogP contribution in [0.15, 0.2) is 46.9 Å². The molecule has 0 aliphatic rings. The Morgan fingerprint density at radius 3 is 2.76 bits per heavy atom. The summed E-state index contributed by atoms with van der Waals surface area (Å²) in [7, 11) is 1.76. The number of hydrogen-bond donors (Lipinski definition) is 1. The molecule has 21 heavy (non-hydrogen) atoms. The Hall–Kier alpha value is -1.85. The maximum Gasteiger partial charge on any atom is 0.232 e. The van der Waals surface area contributed by atoms with Crippen molar-refractivity contribution >= 4 is 44.4 Å². The van der Waals surface area contributed by atoms with Gasteiger partial charge in [-0.15, -0.1) is 0 Å². The predicted molar refractivity (Wildman–Crippen MR) is 88.3 cm³/mol. The molecule has 0 saturated heterocycles. The summed E-state index contributed by atoms with van der Waals surface area (Å²) in [4.78, 5) is 8.76. The second-order valence-electron chi connectivity index (χ2n) is 4.30. The minimum Gasteiger partial charge on any atom is -0.437 e. The summed E-state index contributed by atoms with van der Waals surface area (Å²) >= 11 is 9.57. The number of nitrogens with one attached hydrogen (secondary N) is 1. The number of rotatable bonds is 3. The van der Waals surface area contributed by atoms with Gasteiger partial charge in [0.2, 0.25) is 11.8 Å². The standard InChI is InChI=1S/C15H11BrClN3O/c1-18-15-19-12-5-3-2-4-10(12)14(20-15)21-13-8-9(16)6-7-11(13)17/h2-8H,1H3,(H,18,19,20). The number of hydrogen-bond acceptors (Lipinski definition) is 4. The molecular weight excluding hydrogens is 354 g/mol. The zero-order valence-electron chi connectivity index (χ0n) is 11.1. The van der Waals surface area contributed by atoms with Crippen LogP contribution in [-0.4, -0.2) is 17.0 Å². The molecule has 0 radical (unpaired) electrons. The highest BCUT2D eigenvalue weighted by Crippen LogP contribution is 2.34. The smallest absolute Gasteiger partial charge is 0.232 e. The zero-order valence-corrected chi connectivity index (χ0v) is 13.4. The van der Waals surface area contributed by atoms with Crippen LogP contribution in [-0.2, 0) is 0 Å². The van der Waals surface area contributed by atoms with Crippen molar-refractivity contribution in [2.24, 2.45) is 0 Å². The van der Waals surface area contributed by atoms with Crippen LogP contribution in [0, 0.1) is 0 Å². The molecule has 0 bridgehead atoms. The molecule has 3 aromatic rings. The van der Waals surface area contributed by atoms with Crippen molar-refractivity contribution in [2.75, 3.05) is 12.4 Å². The molecular formula is C15H11BrClN3O. The van der Waals surface area contributed by atoms with Gasteiger partial charge in [0, 0.05) is 11.5 Å². The van der Waals surface area contributed by atoms with Crippen LogP contribution in [0.2, 0.25) is 5.02 Å². The lowest BCUT2D eigenvalue weighted by atomic mass is 10.2. The average molecular weight is 365 g/mol. The number of benzene rings is 2. The Morgan fingerprint density at radius 1 is 1.14 bits per heavy atom. The molecule has 0 aliphatic heterocycles. The summed E-state index contributed by atoms with van der Waals surface area (Å²) in [5.41, 5.74) is 0.804. The minimum absolute atomic E-state index is 0.463. The molecule has 0 fully saturated rings. The molecule has 2 aromatic carbocycles. The van der Waals surface area contributed by atoms with E-state index in [9.17, 15) is 0 Å². The Balaban J connectivity index is 2.13. The van der Waals surface area contributed by atoms with Crippen molar-refractivity contribution in [1.82, 2.24) is 9.97 Å². The first kappa shape index (κ1) is 14.1. The normalized spacial score (nSPS) is 10.6. The van der Waals surface area contributed by atoms with Crippen molar-refractivity contribution < 1.29 is 4.74 Å². The lowest BCUT2D eigenvalue weighted by molar-refractivity contribution is 0.469. The fourth-order valence-electron chi connectivity index (χ4n) is 1.90. The molecule has 106 valence electrons. The fourth-order valence-corrected chi connectivity index (χ4v) is 2.39. The van der Waals surface area contributed by atoms with Gasteiger partial charge in [0.15, 0.2) is 0 Å². The van der Waals surface area contributed by atoms with Gasteiger partial charge in [0.05, 0.1) is 15.9 Å². The third-order valence-electron chi connectivity index (χ3n) is 2.89. The molecule has 0 amide bonds. The molecule has 6 heteroatoms. The van der Waals surface area contributed by atoms with E-state index in [-0.39, 0.29) is 0 Å². The number of fused-ring (bicyclic) bond motifs is 1. The molecule has 0 spiro atoms. The van der Waals surface area contributed by atoms with Crippen molar-refractivity contribution in [3.63, 3.8) is 0 Å². The van der Waals surface area contributed by atoms with Crippen LogP contribution < -0.4 is 10.1 Å². The van der Waals surface area contributed by atoms with E-state index in [0.29, 0.717) is 22.6 Å². The first-order valence-corrected chi connectivity index (χ1v) is 7.42. The Bertz CT molecular complexity index is 810. The number of para-hydroxylation sites is 1. The number of anilines is 1. The molecule has 0 saturated carbocycles. The third-order valence-corrected chi connectivity index (χ3v) is 3.70. The van der Waals surface area contributed by atoms with E-state index < -0.39 is 0 Å². The van der Waals surface area contributed by atoms with Gasteiger partial charge in [-0.25, -0.2) is 4.98 Å². The van der Waals surface area contributed by atoms with Crippen molar-refractivity contribution in [1.29, 1.82) is 0 Å². The van der Waals surface area contributed by atoms with E-state index in [1.54, 1.807) is 19.2 Å². The monoisotopic (exact) mass is 363 g/mol. The number of aromatic nitrogens is 2. The van der Waals surface area contributed by atoms with E-state index in [0.717, 1.165) is 15.4 Å². The Labute approximate surface area is 135 Å². The fraction of sp³-hybridized carbons (Fsp3) is 0.0667. The van der Waals surface area contributed by atoms with Gasteiger partial charge in [0.1, 0.15) is 5.75 Å².